The topological polar surface area (TPSA) is 46.2 Å². The van der Waals surface area contributed by atoms with Gasteiger partial charge in [-0.2, -0.15) is 0 Å². The summed E-state index contributed by atoms with van der Waals surface area (Å²) in [4.78, 5) is 0. The Labute approximate surface area is 48.3 Å². The molecule has 0 aliphatic heterocycles. The average molecular weight is 111 g/mol. The molecule has 2 atom stereocenters. The lowest BCUT2D eigenvalue weighted by atomic mass is 10.1. The van der Waals surface area contributed by atoms with E-state index in [1.54, 1.807) is 18.2 Å². The molecule has 2 nitrogen and oxygen atoms in total. The van der Waals surface area contributed by atoms with Crippen molar-refractivity contribution in [1.82, 2.24) is 0 Å². The average Bonchev–Trinajstić information content (AvgIpc) is 1.77. The zero-order chi connectivity index (χ0) is 5.98. The maximum absolute atomic E-state index is 8.91. The lowest BCUT2D eigenvalue weighted by molar-refractivity contribution is 0.207. The molecule has 44 valence electrons. The molecule has 0 radical (unpaired) electrons. The molecule has 1 rings (SSSR count). The molecular weight excluding hydrogens is 102 g/mol. The predicted octanol–water partition coefficient (Wildman–Crippen LogP) is -0.199. The van der Waals surface area contributed by atoms with E-state index in [0.29, 0.717) is 0 Å². The monoisotopic (exact) mass is 111 g/mol. The smallest absolute Gasteiger partial charge is 0.0910 e. The molecule has 0 aromatic heterocycles. The highest BCUT2D eigenvalue weighted by Gasteiger charge is 2.08. The van der Waals surface area contributed by atoms with Gasteiger partial charge in [-0.3, -0.25) is 0 Å². The van der Waals surface area contributed by atoms with Crippen molar-refractivity contribution in [2.75, 3.05) is 0 Å². The van der Waals surface area contributed by atoms with Crippen molar-refractivity contribution in [3.8, 4) is 0 Å². The first kappa shape index (κ1) is 5.54. The van der Waals surface area contributed by atoms with Gasteiger partial charge in [0.15, 0.2) is 0 Å². The fourth-order valence-electron chi connectivity index (χ4n) is 0.613. The van der Waals surface area contributed by atoms with Crippen molar-refractivity contribution in [3.05, 3.63) is 24.3 Å². The molecule has 0 amide bonds. The molecule has 1 aliphatic carbocycles. The lowest BCUT2D eigenvalue weighted by Gasteiger charge is -2.12. The second kappa shape index (κ2) is 2.11. The third kappa shape index (κ3) is 0.967. The minimum absolute atomic E-state index is 0.208. The van der Waals surface area contributed by atoms with Crippen molar-refractivity contribution in [2.45, 2.75) is 12.1 Å². The van der Waals surface area contributed by atoms with Crippen molar-refractivity contribution in [3.63, 3.8) is 0 Å². The number of hydrogen-bond acceptors (Lipinski definition) is 2. The van der Waals surface area contributed by atoms with Crippen LogP contribution in [0.5, 0.6) is 0 Å². The Balaban J connectivity index is 2.59. The Morgan fingerprint density at radius 3 is 2.25 bits per heavy atom. The van der Waals surface area contributed by atoms with Crippen LogP contribution in [0.1, 0.15) is 0 Å². The van der Waals surface area contributed by atoms with Crippen molar-refractivity contribution in [2.24, 2.45) is 5.73 Å². The van der Waals surface area contributed by atoms with Gasteiger partial charge in [0.05, 0.1) is 12.1 Å². The Morgan fingerprint density at radius 2 is 1.88 bits per heavy atom. The molecule has 0 aromatic rings. The van der Waals surface area contributed by atoms with E-state index in [2.05, 4.69) is 0 Å². The number of nitrogens with two attached hydrogens (primary N) is 1. The van der Waals surface area contributed by atoms with Crippen LogP contribution in [0.3, 0.4) is 0 Å². The van der Waals surface area contributed by atoms with Crippen molar-refractivity contribution >= 4 is 0 Å². The summed E-state index contributed by atoms with van der Waals surface area (Å²) in [6.07, 6.45) is 6.57. The van der Waals surface area contributed by atoms with E-state index in [0.717, 1.165) is 0 Å². The Hall–Kier alpha value is -0.600. The molecule has 0 saturated carbocycles. The molecule has 0 fully saturated rings. The van der Waals surface area contributed by atoms with E-state index < -0.39 is 6.10 Å². The van der Waals surface area contributed by atoms with Crippen LogP contribution < -0.4 is 5.73 Å². The minimum atomic E-state index is -0.486. The van der Waals surface area contributed by atoms with Crippen LogP contribution in [0.15, 0.2) is 24.3 Å². The summed E-state index contributed by atoms with van der Waals surface area (Å²) >= 11 is 0. The van der Waals surface area contributed by atoms with E-state index in [9.17, 15) is 0 Å². The largest absolute Gasteiger partial charge is 0.387 e. The Bertz CT molecular complexity index is 112. The second-order valence-electron chi connectivity index (χ2n) is 1.84. The molecule has 0 aromatic carbocycles. The Kier molecular flexibility index (Phi) is 1.46. The summed E-state index contributed by atoms with van der Waals surface area (Å²) in [5.74, 6) is 0. The van der Waals surface area contributed by atoms with E-state index in [1.807, 2.05) is 6.08 Å². The van der Waals surface area contributed by atoms with Gasteiger partial charge < -0.3 is 10.8 Å². The summed E-state index contributed by atoms with van der Waals surface area (Å²) in [5.41, 5.74) is 5.39. The van der Waals surface area contributed by atoms with Gasteiger partial charge in [0.2, 0.25) is 0 Å². The summed E-state index contributed by atoms with van der Waals surface area (Å²) < 4.78 is 0. The van der Waals surface area contributed by atoms with Gasteiger partial charge in [0.1, 0.15) is 0 Å². The number of aliphatic hydroxyl groups excluding tert-OH is 1. The van der Waals surface area contributed by atoms with Crippen LogP contribution in [0.25, 0.3) is 0 Å². The quantitative estimate of drug-likeness (QED) is 0.454. The third-order valence-corrected chi connectivity index (χ3v) is 1.15. The zero-order valence-corrected chi connectivity index (χ0v) is 4.49. The van der Waals surface area contributed by atoms with Gasteiger partial charge in [-0.05, 0) is 0 Å². The second-order valence-corrected chi connectivity index (χ2v) is 1.84. The predicted molar refractivity (Wildman–Crippen MR) is 32.3 cm³/mol. The molecule has 0 spiro atoms. The highest BCUT2D eigenvalue weighted by Crippen LogP contribution is 1.99. The molecule has 2 heteroatoms. The first-order valence-corrected chi connectivity index (χ1v) is 2.59. The highest BCUT2D eigenvalue weighted by molar-refractivity contribution is 5.16. The van der Waals surface area contributed by atoms with E-state index in [4.69, 9.17) is 10.8 Å². The van der Waals surface area contributed by atoms with Gasteiger partial charge in [0, 0.05) is 0 Å². The summed E-state index contributed by atoms with van der Waals surface area (Å²) in [6.45, 7) is 0. The van der Waals surface area contributed by atoms with Crippen LogP contribution in [0.2, 0.25) is 0 Å². The zero-order valence-electron chi connectivity index (χ0n) is 4.49. The van der Waals surface area contributed by atoms with Gasteiger partial charge in [0.25, 0.3) is 0 Å². The van der Waals surface area contributed by atoms with Gasteiger partial charge in [-0.25, -0.2) is 0 Å². The minimum Gasteiger partial charge on any atom is -0.387 e. The number of hydrogen-bond donors (Lipinski definition) is 2. The number of aliphatic hydroxyl groups is 1. The maximum Gasteiger partial charge on any atom is 0.0910 e. The summed E-state index contributed by atoms with van der Waals surface area (Å²) in [7, 11) is 0. The third-order valence-electron chi connectivity index (χ3n) is 1.15. The molecule has 0 heterocycles. The SMILES string of the molecule is N[C@H]1C=CC=C[C@@H]1O. The normalized spacial score (nSPS) is 35.8. The molecule has 0 saturated heterocycles. The number of rotatable bonds is 0. The molecule has 8 heavy (non-hydrogen) atoms. The highest BCUT2D eigenvalue weighted by atomic mass is 16.3. The molecule has 3 N–H and O–H groups in total. The fraction of sp³-hybridized carbons (Fsp3) is 0.333. The van der Waals surface area contributed by atoms with Gasteiger partial charge in [-0.1, -0.05) is 24.3 Å². The molecular formula is C6H9NO. The van der Waals surface area contributed by atoms with E-state index in [1.165, 1.54) is 0 Å². The Morgan fingerprint density at radius 1 is 1.25 bits per heavy atom. The van der Waals surface area contributed by atoms with Crippen LogP contribution in [0.4, 0.5) is 0 Å². The summed E-state index contributed by atoms with van der Waals surface area (Å²) in [6, 6.07) is -0.208. The standard InChI is InChI=1S/C6H9NO/c7-5-3-1-2-4-6(5)8/h1-6,8H,7H2/t5-,6-/m0/s1. The van der Waals surface area contributed by atoms with E-state index >= 15 is 0 Å². The van der Waals surface area contributed by atoms with Crippen LogP contribution in [0, 0.1) is 0 Å². The van der Waals surface area contributed by atoms with Crippen LogP contribution in [-0.4, -0.2) is 17.3 Å². The van der Waals surface area contributed by atoms with E-state index in [-0.39, 0.29) is 6.04 Å². The lowest BCUT2D eigenvalue weighted by Crippen LogP contribution is -2.31. The first-order valence-electron chi connectivity index (χ1n) is 2.59. The molecule has 1 aliphatic rings. The van der Waals surface area contributed by atoms with Crippen molar-refractivity contribution in [1.29, 1.82) is 0 Å². The van der Waals surface area contributed by atoms with Crippen molar-refractivity contribution < 1.29 is 5.11 Å². The maximum atomic E-state index is 8.91. The summed E-state index contributed by atoms with van der Waals surface area (Å²) in [5, 5.41) is 8.91. The van der Waals surface area contributed by atoms with Crippen LogP contribution in [-0.2, 0) is 0 Å². The van der Waals surface area contributed by atoms with Crippen LogP contribution >= 0.6 is 0 Å². The molecule has 0 unspecified atom stereocenters. The van der Waals surface area contributed by atoms with Gasteiger partial charge >= 0.3 is 0 Å². The van der Waals surface area contributed by atoms with Gasteiger partial charge in [-0.15, -0.1) is 0 Å². The molecule has 0 bridgehead atoms. The number of allylic oxidation sites excluding steroid dienone is 2. The first-order chi connectivity index (χ1) is 3.80. The fourth-order valence-corrected chi connectivity index (χ4v) is 0.613.